The van der Waals surface area contributed by atoms with Gasteiger partial charge >= 0.3 is 0 Å². The fraction of sp³-hybridized carbons (Fsp3) is 0.692. The van der Waals surface area contributed by atoms with Crippen molar-refractivity contribution in [3.05, 3.63) is 17.0 Å². The first-order chi connectivity index (χ1) is 8.31. The van der Waals surface area contributed by atoms with Gasteiger partial charge in [-0.05, 0) is 47.9 Å². The minimum atomic E-state index is 0.596. The van der Waals surface area contributed by atoms with Crippen LogP contribution in [0.4, 0.5) is 0 Å². The topological polar surface area (TPSA) is 12.0 Å². The lowest BCUT2D eigenvalue weighted by Crippen LogP contribution is -2.27. The zero-order valence-corrected chi connectivity index (χ0v) is 13.0. The SMILES string of the molecule is CCSCCCNC1C[C@H](C)Sc2sccc21. The normalized spacial score (nSPS) is 23.6. The highest BCUT2D eigenvalue weighted by atomic mass is 32.2. The van der Waals surface area contributed by atoms with Crippen LogP contribution in [0.25, 0.3) is 0 Å². The Balaban J connectivity index is 1.81. The number of rotatable bonds is 6. The van der Waals surface area contributed by atoms with Gasteiger partial charge in [-0.2, -0.15) is 11.8 Å². The fourth-order valence-corrected chi connectivity index (χ4v) is 5.34. The van der Waals surface area contributed by atoms with Gasteiger partial charge < -0.3 is 5.32 Å². The van der Waals surface area contributed by atoms with Gasteiger partial charge in [0.05, 0.1) is 4.21 Å². The van der Waals surface area contributed by atoms with Crippen molar-refractivity contribution in [3.8, 4) is 0 Å². The maximum absolute atomic E-state index is 3.73. The molecule has 0 spiro atoms. The molecule has 96 valence electrons. The molecule has 1 aliphatic heterocycles. The van der Waals surface area contributed by atoms with Crippen molar-refractivity contribution in [2.75, 3.05) is 18.1 Å². The minimum Gasteiger partial charge on any atom is -0.310 e. The van der Waals surface area contributed by atoms with Crippen LogP contribution in [0.1, 0.15) is 38.3 Å². The second-order valence-corrected chi connectivity index (χ2v) is 8.40. The molecule has 0 aromatic carbocycles. The van der Waals surface area contributed by atoms with E-state index in [4.69, 9.17) is 0 Å². The fourth-order valence-electron chi connectivity index (χ4n) is 2.14. The molecule has 0 saturated heterocycles. The van der Waals surface area contributed by atoms with E-state index in [1.165, 1.54) is 28.6 Å². The second kappa shape index (κ2) is 7.07. The number of thioether (sulfide) groups is 2. The van der Waals surface area contributed by atoms with Gasteiger partial charge in [0, 0.05) is 11.3 Å². The lowest BCUT2D eigenvalue weighted by atomic mass is 10.0. The molecule has 1 unspecified atom stereocenters. The van der Waals surface area contributed by atoms with Crippen molar-refractivity contribution in [1.82, 2.24) is 5.32 Å². The predicted octanol–water partition coefficient (Wildman–Crippen LogP) is 4.41. The summed E-state index contributed by atoms with van der Waals surface area (Å²) in [6.07, 6.45) is 2.56. The van der Waals surface area contributed by atoms with E-state index < -0.39 is 0 Å². The highest BCUT2D eigenvalue weighted by Crippen LogP contribution is 2.43. The van der Waals surface area contributed by atoms with E-state index in [9.17, 15) is 0 Å². The van der Waals surface area contributed by atoms with Gasteiger partial charge in [0.15, 0.2) is 0 Å². The highest BCUT2D eigenvalue weighted by molar-refractivity contribution is 8.01. The average Bonchev–Trinajstić information content (AvgIpc) is 2.76. The van der Waals surface area contributed by atoms with Gasteiger partial charge in [0.2, 0.25) is 0 Å². The number of hydrogen-bond donors (Lipinski definition) is 1. The summed E-state index contributed by atoms with van der Waals surface area (Å²) in [7, 11) is 0. The zero-order valence-electron chi connectivity index (χ0n) is 10.6. The average molecular weight is 288 g/mol. The van der Waals surface area contributed by atoms with E-state index >= 15 is 0 Å². The maximum atomic E-state index is 3.73. The van der Waals surface area contributed by atoms with E-state index in [0.717, 1.165) is 11.8 Å². The molecule has 4 heteroatoms. The Hall–Kier alpha value is 0.360. The van der Waals surface area contributed by atoms with Crippen LogP contribution in [-0.2, 0) is 0 Å². The lowest BCUT2D eigenvalue weighted by molar-refractivity contribution is 0.490. The van der Waals surface area contributed by atoms with E-state index in [1.54, 1.807) is 5.56 Å². The van der Waals surface area contributed by atoms with E-state index in [-0.39, 0.29) is 0 Å². The highest BCUT2D eigenvalue weighted by Gasteiger charge is 2.25. The number of nitrogens with one attached hydrogen (secondary N) is 1. The van der Waals surface area contributed by atoms with Gasteiger partial charge in [0.25, 0.3) is 0 Å². The quantitative estimate of drug-likeness (QED) is 0.779. The molecule has 2 rings (SSSR count). The number of fused-ring (bicyclic) bond motifs is 1. The number of hydrogen-bond acceptors (Lipinski definition) is 4. The molecule has 0 fully saturated rings. The van der Waals surface area contributed by atoms with Gasteiger partial charge in [-0.25, -0.2) is 0 Å². The van der Waals surface area contributed by atoms with Gasteiger partial charge in [0.1, 0.15) is 0 Å². The zero-order chi connectivity index (χ0) is 12.1. The Morgan fingerprint density at radius 3 is 3.24 bits per heavy atom. The third-order valence-corrected chi connectivity index (χ3v) is 6.30. The first kappa shape index (κ1) is 13.8. The van der Waals surface area contributed by atoms with Crippen LogP contribution in [0.15, 0.2) is 15.7 Å². The van der Waals surface area contributed by atoms with Crippen LogP contribution in [-0.4, -0.2) is 23.3 Å². The summed E-state index contributed by atoms with van der Waals surface area (Å²) in [5.74, 6) is 2.53. The van der Waals surface area contributed by atoms with E-state index in [2.05, 4.69) is 30.6 Å². The molecule has 0 aliphatic carbocycles. The Morgan fingerprint density at radius 2 is 2.41 bits per heavy atom. The van der Waals surface area contributed by atoms with Crippen molar-refractivity contribution < 1.29 is 0 Å². The van der Waals surface area contributed by atoms with Crippen LogP contribution in [0.5, 0.6) is 0 Å². The van der Waals surface area contributed by atoms with Crippen LogP contribution in [0, 0.1) is 0 Å². The van der Waals surface area contributed by atoms with Crippen molar-refractivity contribution in [2.45, 2.75) is 42.2 Å². The molecule has 2 heterocycles. The molecule has 1 nitrogen and oxygen atoms in total. The molecule has 17 heavy (non-hydrogen) atoms. The minimum absolute atomic E-state index is 0.596. The van der Waals surface area contributed by atoms with E-state index in [1.807, 2.05) is 34.9 Å². The standard InChI is InChI=1S/C13H21NS3/c1-3-15-7-4-6-14-12-9-10(2)17-13-11(12)5-8-16-13/h5,8,10,12,14H,3-4,6-7,9H2,1-2H3/t10-,12?/m0/s1. The molecule has 1 aliphatic rings. The predicted molar refractivity (Wildman–Crippen MR) is 82.6 cm³/mol. The summed E-state index contributed by atoms with van der Waals surface area (Å²) in [5.41, 5.74) is 1.54. The summed E-state index contributed by atoms with van der Waals surface area (Å²) in [5, 5.41) is 6.72. The molecule has 1 N–H and O–H groups in total. The molecule has 0 saturated carbocycles. The Morgan fingerprint density at radius 1 is 1.53 bits per heavy atom. The molecule has 2 atom stereocenters. The second-order valence-electron chi connectivity index (χ2n) is 4.38. The molecular weight excluding hydrogens is 266 g/mol. The summed E-state index contributed by atoms with van der Waals surface area (Å²) < 4.78 is 1.53. The van der Waals surface area contributed by atoms with Crippen molar-refractivity contribution in [2.24, 2.45) is 0 Å². The first-order valence-electron chi connectivity index (χ1n) is 6.36. The van der Waals surface area contributed by atoms with Crippen molar-refractivity contribution in [1.29, 1.82) is 0 Å². The van der Waals surface area contributed by atoms with Gasteiger partial charge in [-0.1, -0.05) is 13.8 Å². The Kier molecular flexibility index (Phi) is 5.74. The van der Waals surface area contributed by atoms with Gasteiger partial charge in [-0.3, -0.25) is 0 Å². The van der Waals surface area contributed by atoms with Crippen molar-refractivity contribution in [3.63, 3.8) is 0 Å². The number of thiophene rings is 1. The molecule has 0 bridgehead atoms. The summed E-state index contributed by atoms with van der Waals surface area (Å²) in [6, 6.07) is 2.90. The summed E-state index contributed by atoms with van der Waals surface area (Å²) in [6.45, 7) is 5.73. The third-order valence-electron chi connectivity index (χ3n) is 2.97. The monoisotopic (exact) mass is 287 g/mol. The molecule has 1 aromatic rings. The Bertz CT molecular complexity index is 337. The molecular formula is C13H21NS3. The summed E-state index contributed by atoms with van der Waals surface area (Å²) >= 11 is 5.98. The van der Waals surface area contributed by atoms with Crippen molar-refractivity contribution >= 4 is 34.9 Å². The van der Waals surface area contributed by atoms with Crippen LogP contribution >= 0.6 is 34.9 Å². The first-order valence-corrected chi connectivity index (χ1v) is 9.27. The third kappa shape index (κ3) is 3.91. The lowest BCUT2D eigenvalue weighted by Gasteiger charge is -2.27. The van der Waals surface area contributed by atoms with Crippen LogP contribution in [0.3, 0.4) is 0 Å². The smallest absolute Gasteiger partial charge is 0.0649 e. The largest absolute Gasteiger partial charge is 0.310 e. The van der Waals surface area contributed by atoms with Gasteiger partial charge in [-0.15, -0.1) is 23.1 Å². The van der Waals surface area contributed by atoms with Crippen LogP contribution < -0.4 is 5.32 Å². The molecule has 1 aromatic heterocycles. The Labute approximate surface area is 117 Å². The molecule has 0 radical (unpaired) electrons. The molecule has 0 amide bonds. The van der Waals surface area contributed by atoms with Crippen LogP contribution in [0.2, 0.25) is 0 Å². The summed E-state index contributed by atoms with van der Waals surface area (Å²) in [4.78, 5) is 0. The van der Waals surface area contributed by atoms with E-state index in [0.29, 0.717) is 6.04 Å². The maximum Gasteiger partial charge on any atom is 0.0649 e.